The minimum Gasteiger partial charge on any atom is -0.479 e. The van der Waals surface area contributed by atoms with E-state index in [4.69, 9.17) is 13.9 Å². The Kier molecular flexibility index (Phi) is 8.90. The Hall–Kier alpha value is -4.88. The van der Waals surface area contributed by atoms with Gasteiger partial charge in [-0.2, -0.15) is 5.10 Å². The van der Waals surface area contributed by atoms with Crippen molar-refractivity contribution in [2.45, 2.75) is 40.3 Å². The lowest BCUT2D eigenvalue weighted by molar-refractivity contribution is -0.386. The molecule has 4 rings (SSSR count). The zero-order valence-corrected chi connectivity index (χ0v) is 23.3. The maximum absolute atomic E-state index is 13.1. The van der Waals surface area contributed by atoms with Crippen LogP contribution in [0.25, 0.3) is 0 Å². The second kappa shape index (κ2) is 12.5. The second-order valence-corrected chi connectivity index (χ2v) is 9.53. The van der Waals surface area contributed by atoms with E-state index in [1.54, 1.807) is 55.8 Å². The van der Waals surface area contributed by atoms with Gasteiger partial charge in [0.05, 0.1) is 22.9 Å². The van der Waals surface area contributed by atoms with Crippen LogP contribution in [0.1, 0.15) is 47.5 Å². The normalized spacial score (nSPS) is 14.0. The molecule has 3 aromatic rings. The fourth-order valence-electron chi connectivity index (χ4n) is 4.31. The molecule has 0 spiro atoms. The fraction of sp³-hybridized carbons (Fsp3) is 0.407. The van der Waals surface area contributed by atoms with Gasteiger partial charge in [-0.25, -0.2) is 4.79 Å². The van der Waals surface area contributed by atoms with E-state index >= 15 is 0 Å². The van der Waals surface area contributed by atoms with Crippen LogP contribution in [0, 0.1) is 24.0 Å². The molecule has 2 aromatic heterocycles. The number of anilines is 1. The average Bonchev–Trinajstić information content (AvgIpc) is 3.58. The van der Waals surface area contributed by atoms with Crippen LogP contribution in [0.2, 0.25) is 0 Å². The molecule has 3 amide bonds. The van der Waals surface area contributed by atoms with Gasteiger partial charge in [0.1, 0.15) is 18.4 Å². The fourth-order valence-corrected chi connectivity index (χ4v) is 4.31. The van der Waals surface area contributed by atoms with Crippen molar-refractivity contribution in [1.29, 1.82) is 0 Å². The molecule has 1 unspecified atom stereocenters. The quantitative estimate of drug-likeness (QED) is 0.300. The Morgan fingerprint density at radius 3 is 2.51 bits per heavy atom. The first-order valence-corrected chi connectivity index (χ1v) is 13.1. The van der Waals surface area contributed by atoms with Crippen LogP contribution in [0.5, 0.6) is 5.75 Å². The van der Waals surface area contributed by atoms with E-state index in [0.717, 1.165) is 5.56 Å². The molecule has 0 saturated carbocycles. The van der Waals surface area contributed by atoms with Crippen LogP contribution in [-0.2, 0) is 16.1 Å². The van der Waals surface area contributed by atoms with Crippen molar-refractivity contribution in [3.8, 4) is 5.75 Å². The number of nitrogens with one attached hydrogen (secondary N) is 1. The summed E-state index contributed by atoms with van der Waals surface area (Å²) < 4.78 is 17.7. The van der Waals surface area contributed by atoms with Crippen molar-refractivity contribution in [2.75, 3.05) is 38.1 Å². The van der Waals surface area contributed by atoms with Crippen LogP contribution in [0.3, 0.4) is 0 Å². The summed E-state index contributed by atoms with van der Waals surface area (Å²) in [6, 6.07) is 7.02. The number of carbonyl (C=O) groups is 3. The standard InChI is InChI=1S/C27H32N6O8/c1-5-39-27(36)31-12-10-30(11-13-31)26(35)19(4)32-15-21(18(3)29-32)28-25(34)24-9-7-20(41-24)16-40-23-8-6-17(2)14-22(23)33(37)38/h6-9,14-15,19H,5,10-13,16H2,1-4H3,(H,28,34). The summed E-state index contributed by atoms with van der Waals surface area (Å²) in [5, 5.41) is 18.4. The van der Waals surface area contributed by atoms with E-state index in [1.165, 1.54) is 22.9 Å². The number of nitrogens with zero attached hydrogens (tertiary/aromatic N) is 5. The number of rotatable bonds is 9. The number of furan rings is 1. The van der Waals surface area contributed by atoms with Crippen molar-refractivity contribution < 1.29 is 33.2 Å². The third kappa shape index (κ3) is 6.83. The number of hydrogen-bond donors (Lipinski definition) is 1. The first kappa shape index (κ1) is 29.1. The number of nitro benzene ring substituents is 1. The molecule has 3 heterocycles. The smallest absolute Gasteiger partial charge is 0.409 e. The first-order valence-electron chi connectivity index (χ1n) is 13.1. The number of amides is 3. The molecule has 1 saturated heterocycles. The molecule has 0 aliphatic carbocycles. The van der Waals surface area contributed by atoms with Crippen molar-refractivity contribution in [2.24, 2.45) is 0 Å². The lowest BCUT2D eigenvalue weighted by Gasteiger charge is -2.35. The number of ether oxygens (including phenoxy) is 2. The van der Waals surface area contributed by atoms with E-state index in [2.05, 4.69) is 10.4 Å². The first-order chi connectivity index (χ1) is 19.6. The van der Waals surface area contributed by atoms with Gasteiger partial charge >= 0.3 is 11.8 Å². The molecule has 1 aliphatic rings. The van der Waals surface area contributed by atoms with E-state index in [-0.39, 0.29) is 35.8 Å². The zero-order chi connectivity index (χ0) is 29.7. The molecule has 1 aromatic carbocycles. The van der Waals surface area contributed by atoms with Gasteiger partial charge in [-0.1, -0.05) is 6.07 Å². The molecule has 1 atom stereocenters. The predicted octanol–water partition coefficient (Wildman–Crippen LogP) is 3.69. The van der Waals surface area contributed by atoms with Crippen LogP contribution in [0.4, 0.5) is 16.2 Å². The Morgan fingerprint density at radius 1 is 1.12 bits per heavy atom. The number of hydrogen-bond acceptors (Lipinski definition) is 9. The molecular formula is C27H32N6O8. The Bertz CT molecular complexity index is 1440. The molecule has 1 aliphatic heterocycles. The minimum absolute atomic E-state index is 0.0118. The molecule has 14 heteroatoms. The molecule has 41 heavy (non-hydrogen) atoms. The molecule has 1 N–H and O–H groups in total. The summed E-state index contributed by atoms with van der Waals surface area (Å²) in [5.74, 6) is -0.277. The van der Waals surface area contributed by atoms with Gasteiger partial charge in [0.25, 0.3) is 5.91 Å². The summed E-state index contributed by atoms with van der Waals surface area (Å²) in [7, 11) is 0. The monoisotopic (exact) mass is 568 g/mol. The Morgan fingerprint density at radius 2 is 1.83 bits per heavy atom. The van der Waals surface area contributed by atoms with Crippen LogP contribution in [-0.4, -0.2) is 75.2 Å². The third-order valence-corrected chi connectivity index (χ3v) is 6.60. The SMILES string of the molecule is CCOC(=O)N1CCN(C(=O)C(C)n2cc(NC(=O)c3ccc(COc4ccc(C)cc4[N+](=O)[O-])o3)c(C)n2)CC1. The Balaban J connectivity index is 1.34. The van der Waals surface area contributed by atoms with E-state index < -0.39 is 16.9 Å². The summed E-state index contributed by atoms with van der Waals surface area (Å²) in [6.07, 6.45) is 1.19. The van der Waals surface area contributed by atoms with Crippen LogP contribution < -0.4 is 10.1 Å². The molecule has 0 radical (unpaired) electrons. The van der Waals surface area contributed by atoms with Crippen LogP contribution in [0.15, 0.2) is 40.9 Å². The lowest BCUT2D eigenvalue weighted by atomic mass is 10.2. The highest BCUT2D eigenvalue weighted by Gasteiger charge is 2.29. The summed E-state index contributed by atoms with van der Waals surface area (Å²) in [5.41, 5.74) is 1.49. The van der Waals surface area contributed by atoms with E-state index in [1.807, 2.05) is 0 Å². The highest BCUT2D eigenvalue weighted by atomic mass is 16.6. The number of aromatic nitrogens is 2. The molecule has 0 bridgehead atoms. The summed E-state index contributed by atoms with van der Waals surface area (Å²) >= 11 is 0. The van der Waals surface area contributed by atoms with Gasteiger partial charge in [0.2, 0.25) is 5.91 Å². The molecule has 218 valence electrons. The largest absolute Gasteiger partial charge is 0.479 e. The van der Waals surface area contributed by atoms with Crippen LogP contribution >= 0.6 is 0 Å². The van der Waals surface area contributed by atoms with E-state index in [0.29, 0.717) is 49.9 Å². The highest BCUT2D eigenvalue weighted by Crippen LogP contribution is 2.29. The number of nitro groups is 1. The Labute approximate surface area is 235 Å². The number of benzene rings is 1. The maximum Gasteiger partial charge on any atom is 0.409 e. The summed E-state index contributed by atoms with van der Waals surface area (Å²) in [4.78, 5) is 51.9. The number of piperazine rings is 1. The molecule has 1 fully saturated rings. The van der Waals surface area contributed by atoms with Crippen molar-refractivity contribution in [3.05, 3.63) is 69.4 Å². The van der Waals surface area contributed by atoms with Crippen molar-refractivity contribution in [3.63, 3.8) is 0 Å². The number of carbonyl (C=O) groups excluding carboxylic acids is 3. The van der Waals surface area contributed by atoms with Gasteiger partial charge in [-0.05, 0) is 51.5 Å². The third-order valence-electron chi connectivity index (χ3n) is 6.60. The van der Waals surface area contributed by atoms with Gasteiger partial charge < -0.3 is 29.0 Å². The number of aryl methyl sites for hydroxylation is 2. The van der Waals surface area contributed by atoms with E-state index in [9.17, 15) is 24.5 Å². The van der Waals surface area contributed by atoms with Crippen molar-refractivity contribution in [1.82, 2.24) is 19.6 Å². The zero-order valence-electron chi connectivity index (χ0n) is 23.3. The highest BCUT2D eigenvalue weighted by molar-refractivity contribution is 6.02. The van der Waals surface area contributed by atoms with Gasteiger partial charge in [0, 0.05) is 38.4 Å². The van der Waals surface area contributed by atoms with Gasteiger partial charge in [-0.15, -0.1) is 0 Å². The molecular weight excluding hydrogens is 536 g/mol. The van der Waals surface area contributed by atoms with Gasteiger partial charge in [0.15, 0.2) is 11.5 Å². The topological polar surface area (TPSA) is 162 Å². The second-order valence-electron chi connectivity index (χ2n) is 9.53. The summed E-state index contributed by atoms with van der Waals surface area (Å²) in [6.45, 7) is 8.63. The average molecular weight is 569 g/mol. The predicted molar refractivity (Wildman–Crippen MR) is 146 cm³/mol. The lowest BCUT2D eigenvalue weighted by Crippen LogP contribution is -2.52. The maximum atomic E-state index is 13.1. The molecule has 14 nitrogen and oxygen atoms in total. The van der Waals surface area contributed by atoms with Crippen molar-refractivity contribution >= 4 is 29.3 Å². The minimum atomic E-state index is -0.633. The van der Waals surface area contributed by atoms with Gasteiger partial charge in [-0.3, -0.25) is 24.4 Å².